The van der Waals surface area contributed by atoms with E-state index in [4.69, 9.17) is 13.9 Å². The summed E-state index contributed by atoms with van der Waals surface area (Å²) in [6, 6.07) is 15.9. The Morgan fingerprint density at radius 3 is 2.41 bits per heavy atom. The van der Waals surface area contributed by atoms with Gasteiger partial charge in [0, 0.05) is 30.4 Å². The van der Waals surface area contributed by atoms with Crippen LogP contribution in [0.15, 0.2) is 65.1 Å². The van der Waals surface area contributed by atoms with Crippen LogP contribution in [0.25, 0.3) is 22.2 Å². The van der Waals surface area contributed by atoms with E-state index < -0.39 is 23.8 Å². The molecule has 1 unspecified atom stereocenters. The molecule has 0 aliphatic rings. The summed E-state index contributed by atoms with van der Waals surface area (Å²) in [4.78, 5) is 16.0. The number of alkyl halides is 3. The van der Waals surface area contributed by atoms with Gasteiger partial charge in [-0.15, -0.1) is 0 Å². The highest BCUT2D eigenvalue weighted by Crippen LogP contribution is 2.32. The number of fused-ring (bicyclic) bond motifs is 1. The minimum absolute atomic E-state index is 0.231. The number of carboxylic acids is 1. The van der Waals surface area contributed by atoms with Crippen molar-refractivity contribution < 1.29 is 37.0 Å². The Balaban J connectivity index is 1.47. The van der Waals surface area contributed by atoms with Crippen LogP contribution in [-0.2, 0) is 28.5 Å². The Morgan fingerprint density at radius 1 is 1.05 bits per heavy atom. The number of aliphatic carboxylic acids is 1. The Bertz CT molecular complexity index is 1380. The average Bonchev–Trinajstić information content (AvgIpc) is 3.24. The zero-order valence-corrected chi connectivity index (χ0v) is 20.3. The van der Waals surface area contributed by atoms with E-state index in [1.165, 1.54) is 12.1 Å². The number of halogens is 3. The van der Waals surface area contributed by atoms with E-state index in [1.807, 2.05) is 36.4 Å². The summed E-state index contributed by atoms with van der Waals surface area (Å²) >= 11 is 0. The van der Waals surface area contributed by atoms with Gasteiger partial charge >= 0.3 is 12.1 Å². The highest BCUT2D eigenvalue weighted by Gasteiger charge is 2.30. The van der Waals surface area contributed by atoms with Crippen molar-refractivity contribution in [3.05, 3.63) is 83.2 Å². The van der Waals surface area contributed by atoms with Crippen LogP contribution in [-0.4, -0.2) is 35.4 Å². The van der Waals surface area contributed by atoms with Crippen LogP contribution in [0, 0.1) is 6.92 Å². The molecular formula is C28H26F3NO5. The van der Waals surface area contributed by atoms with E-state index in [-0.39, 0.29) is 12.3 Å². The molecule has 1 N–H and O–H groups in total. The molecule has 3 aromatic carbocycles. The molecule has 0 saturated heterocycles. The Labute approximate surface area is 211 Å². The number of hydrogen-bond donors (Lipinski definition) is 1. The molecule has 0 aliphatic heterocycles. The SMILES string of the molecule is CCOC(Cc1ccc(OCCc2nc(-c3ccc(C(F)(F)F)cc3)oc2C)c2ccccc12)C(=O)O. The molecule has 4 rings (SSSR count). The first-order valence-corrected chi connectivity index (χ1v) is 11.8. The third kappa shape index (κ3) is 6.11. The molecule has 37 heavy (non-hydrogen) atoms. The fourth-order valence-electron chi connectivity index (χ4n) is 4.10. The van der Waals surface area contributed by atoms with Gasteiger partial charge in [-0.3, -0.25) is 0 Å². The van der Waals surface area contributed by atoms with Gasteiger partial charge < -0.3 is 19.0 Å². The van der Waals surface area contributed by atoms with Gasteiger partial charge in [0.25, 0.3) is 0 Å². The van der Waals surface area contributed by atoms with Gasteiger partial charge in [-0.05, 0) is 55.1 Å². The molecule has 194 valence electrons. The number of hydrogen-bond acceptors (Lipinski definition) is 5. The summed E-state index contributed by atoms with van der Waals surface area (Å²) in [7, 11) is 0. The summed E-state index contributed by atoms with van der Waals surface area (Å²) in [6.45, 7) is 4.10. The van der Waals surface area contributed by atoms with Crippen molar-refractivity contribution in [1.82, 2.24) is 4.98 Å². The molecule has 1 heterocycles. The van der Waals surface area contributed by atoms with E-state index >= 15 is 0 Å². The second-order valence-electron chi connectivity index (χ2n) is 8.45. The van der Waals surface area contributed by atoms with Crippen LogP contribution in [0.5, 0.6) is 5.75 Å². The number of carboxylic acid groups (broad SMARTS) is 1. The standard InChI is InChI=1S/C28H26F3NO5/c1-3-35-25(27(33)34)16-19-10-13-24(22-7-5-4-6-21(19)22)36-15-14-23-17(2)37-26(32-23)18-8-11-20(12-9-18)28(29,30)31/h4-13,25H,3,14-16H2,1-2H3,(H,33,34). The van der Waals surface area contributed by atoms with Gasteiger partial charge in [-0.1, -0.05) is 30.3 Å². The topological polar surface area (TPSA) is 81.8 Å². The first-order valence-electron chi connectivity index (χ1n) is 11.8. The fourth-order valence-corrected chi connectivity index (χ4v) is 4.10. The molecule has 0 fully saturated rings. The van der Waals surface area contributed by atoms with E-state index in [2.05, 4.69) is 4.98 Å². The molecule has 0 saturated carbocycles. The van der Waals surface area contributed by atoms with Gasteiger partial charge in [0.2, 0.25) is 5.89 Å². The van der Waals surface area contributed by atoms with Crippen molar-refractivity contribution in [3.63, 3.8) is 0 Å². The van der Waals surface area contributed by atoms with Crippen LogP contribution < -0.4 is 4.74 Å². The van der Waals surface area contributed by atoms with Crippen molar-refractivity contribution in [2.45, 2.75) is 39.0 Å². The van der Waals surface area contributed by atoms with Crippen LogP contribution in [0.2, 0.25) is 0 Å². The monoisotopic (exact) mass is 513 g/mol. The Morgan fingerprint density at radius 2 is 1.76 bits per heavy atom. The summed E-state index contributed by atoms with van der Waals surface area (Å²) in [6.07, 6.45) is -4.68. The molecule has 1 atom stereocenters. The molecule has 9 heteroatoms. The number of nitrogens with zero attached hydrogens (tertiary/aromatic N) is 1. The average molecular weight is 514 g/mol. The van der Waals surface area contributed by atoms with E-state index in [9.17, 15) is 23.1 Å². The second-order valence-corrected chi connectivity index (χ2v) is 8.45. The quantitative estimate of drug-likeness (QED) is 0.262. The van der Waals surface area contributed by atoms with Crippen molar-refractivity contribution in [3.8, 4) is 17.2 Å². The molecule has 6 nitrogen and oxygen atoms in total. The third-order valence-electron chi connectivity index (χ3n) is 5.97. The van der Waals surface area contributed by atoms with E-state index in [0.29, 0.717) is 42.4 Å². The largest absolute Gasteiger partial charge is 0.493 e. The summed E-state index contributed by atoms with van der Waals surface area (Å²) in [5.74, 6) is 0.448. The number of benzene rings is 3. The lowest BCUT2D eigenvalue weighted by atomic mass is 9.99. The molecule has 4 aromatic rings. The summed E-state index contributed by atoms with van der Waals surface area (Å²) < 4.78 is 55.6. The van der Waals surface area contributed by atoms with Gasteiger partial charge in [0.1, 0.15) is 11.5 Å². The number of aryl methyl sites for hydroxylation is 1. The molecule has 0 bridgehead atoms. The van der Waals surface area contributed by atoms with E-state index in [1.54, 1.807) is 13.8 Å². The first kappa shape index (κ1) is 26.2. The highest BCUT2D eigenvalue weighted by molar-refractivity contribution is 5.91. The minimum atomic E-state index is -4.41. The number of oxazole rings is 1. The van der Waals surface area contributed by atoms with Crippen LogP contribution >= 0.6 is 0 Å². The number of rotatable bonds is 10. The minimum Gasteiger partial charge on any atom is -0.493 e. The Hall–Kier alpha value is -3.85. The second kappa shape index (κ2) is 11.0. The molecular weight excluding hydrogens is 487 g/mol. The zero-order valence-electron chi connectivity index (χ0n) is 20.3. The van der Waals surface area contributed by atoms with Gasteiger partial charge in [0.05, 0.1) is 17.9 Å². The lowest BCUT2D eigenvalue weighted by molar-refractivity contribution is -0.150. The fraction of sp³-hybridized carbons (Fsp3) is 0.286. The predicted octanol–water partition coefficient (Wildman–Crippen LogP) is 6.48. The number of carbonyl (C=O) groups is 1. The summed E-state index contributed by atoms with van der Waals surface area (Å²) in [5, 5.41) is 11.2. The number of ether oxygens (including phenoxy) is 2. The normalized spacial score (nSPS) is 12.6. The molecule has 0 amide bonds. The summed E-state index contributed by atoms with van der Waals surface area (Å²) in [5.41, 5.74) is 1.22. The maximum atomic E-state index is 12.8. The number of aromatic nitrogens is 1. The van der Waals surface area contributed by atoms with Crippen molar-refractivity contribution in [1.29, 1.82) is 0 Å². The van der Waals surface area contributed by atoms with Gasteiger partial charge in [0.15, 0.2) is 6.10 Å². The van der Waals surface area contributed by atoms with E-state index in [0.717, 1.165) is 28.5 Å². The van der Waals surface area contributed by atoms with Crippen molar-refractivity contribution in [2.75, 3.05) is 13.2 Å². The van der Waals surface area contributed by atoms with Crippen LogP contribution in [0.3, 0.4) is 0 Å². The predicted molar refractivity (Wildman–Crippen MR) is 132 cm³/mol. The van der Waals surface area contributed by atoms with Gasteiger partial charge in [-0.25, -0.2) is 9.78 Å². The maximum Gasteiger partial charge on any atom is 0.416 e. The lowest BCUT2D eigenvalue weighted by Gasteiger charge is -2.16. The highest BCUT2D eigenvalue weighted by atomic mass is 19.4. The first-order chi connectivity index (χ1) is 17.7. The molecule has 0 aliphatic carbocycles. The van der Waals surface area contributed by atoms with Crippen LogP contribution in [0.4, 0.5) is 13.2 Å². The Kier molecular flexibility index (Phi) is 7.83. The van der Waals surface area contributed by atoms with Crippen molar-refractivity contribution in [2.24, 2.45) is 0 Å². The smallest absolute Gasteiger partial charge is 0.416 e. The third-order valence-corrected chi connectivity index (χ3v) is 5.97. The molecule has 0 radical (unpaired) electrons. The molecule has 1 aromatic heterocycles. The maximum absolute atomic E-state index is 12.8. The molecule has 0 spiro atoms. The van der Waals surface area contributed by atoms with Crippen LogP contribution in [0.1, 0.15) is 29.5 Å². The lowest BCUT2D eigenvalue weighted by Crippen LogP contribution is -2.26. The van der Waals surface area contributed by atoms with Gasteiger partial charge in [-0.2, -0.15) is 13.2 Å². The zero-order chi connectivity index (χ0) is 26.6. The van der Waals surface area contributed by atoms with Crippen molar-refractivity contribution >= 4 is 16.7 Å².